The zero-order chi connectivity index (χ0) is 14.3. The van der Waals surface area contributed by atoms with Crippen LogP contribution in [-0.4, -0.2) is 32.6 Å². The summed E-state index contributed by atoms with van der Waals surface area (Å²) < 4.78 is 1.54. The summed E-state index contributed by atoms with van der Waals surface area (Å²) in [6.07, 6.45) is 2.26. The van der Waals surface area contributed by atoms with Gasteiger partial charge in [-0.25, -0.2) is 4.79 Å². The minimum Gasteiger partial charge on any atom is -0.342 e. The molecule has 0 radical (unpaired) electrons. The second-order valence-electron chi connectivity index (χ2n) is 5.72. The molecule has 0 aromatic carbocycles. The molecule has 0 bridgehead atoms. The van der Waals surface area contributed by atoms with Crippen molar-refractivity contribution in [1.82, 2.24) is 19.5 Å². The van der Waals surface area contributed by atoms with E-state index in [2.05, 4.69) is 19.9 Å². The van der Waals surface area contributed by atoms with Gasteiger partial charge in [0.2, 0.25) is 5.95 Å². The predicted octanol–water partition coefficient (Wildman–Crippen LogP) is 1.31. The van der Waals surface area contributed by atoms with E-state index in [0.717, 1.165) is 25.9 Å². The van der Waals surface area contributed by atoms with Gasteiger partial charge in [0.15, 0.2) is 11.2 Å². The molecule has 1 aliphatic rings. The lowest BCUT2D eigenvalue weighted by Gasteiger charge is -2.12. The number of hydrogen-bond acceptors (Lipinski definition) is 4. The van der Waals surface area contributed by atoms with Crippen molar-refractivity contribution in [3.63, 3.8) is 0 Å². The van der Waals surface area contributed by atoms with E-state index >= 15 is 0 Å². The van der Waals surface area contributed by atoms with Crippen LogP contribution in [0.2, 0.25) is 0 Å². The number of aromatic amines is 2. The molecule has 7 nitrogen and oxygen atoms in total. The molecule has 0 amide bonds. The lowest BCUT2D eigenvalue weighted by molar-refractivity contribution is 0.513. The average molecular weight is 293 g/mol. The van der Waals surface area contributed by atoms with Crippen LogP contribution < -0.4 is 16.1 Å². The third-order valence-corrected chi connectivity index (χ3v) is 3.57. The first-order valence-corrected chi connectivity index (χ1v) is 7.04. The molecule has 0 unspecified atom stereocenters. The van der Waals surface area contributed by atoms with Gasteiger partial charge >= 0.3 is 5.69 Å². The normalized spacial score (nSPS) is 14.9. The highest BCUT2D eigenvalue weighted by Gasteiger charge is 2.19. The van der Waals surface area contributed by atoms with Crippen molar-refractivity contribution >= 4 is 17.1 Å². The fraction of sp³-hybridized carbons (Fsp3) is 0.643. The van der Waals surface area contributed by atoms with Gasteiger partial charge in [0.05, 0.1) is 0 Å². The number of anilines is 1. The van der Waals surface area contributed by atoms with Gasteiger partial charge in [0.1, 0.15) is 0 Å². The molecule has 0 aliphatic carbocycles. The van der Waals surface area contributed by atoms with Crippen LogP contribution in [0.4, 0.5) is 5.95 Å². The molecule has 2 aromatic rings. The maximum atomic E-state index is 12.0. The van der Waals surface area contributed by atoms with Gasteiger partial charge in [-0.2, -0.15) is 4.98 Å². The quantitative estimate of drug-likeness (QED) is 0.893. The van der Waals surface area contributed by atoms with Crippen LogP contribution in [-0.2, 0) is 6.54 Å². The molecule has 2 aromatic heterocycles. The first-order chi connectivity index (χ1) is 9.56. The van der Waals surface area contributed by atoms with Crippen LogP contribution >= 0.6 is 0 Å². The van der Waals surface area contributed by atoms with Crippen molar-refractivity contribution in [1.29, 1.82) is 0 Å². The van der Waals surface area contributed by atoms with Crippen molar-refractivity contribution in [2.75, 3.05) is 18.0 Å². The highest BCUT2D eigenvalue weighted by molar-refractivity contribution is 5.72. The van der Waals surface area contributed by atoms with Crippen LogP contribution in [0, 0.1) is 5.92 Å². The minimum atomic E-state index is -0.400. The number of nitrogens with zero attached hydrogens (tertiary/aromatic N) is 3. The molecule has 0 spiro atoms. The van der Waals surface area contributed by atoms with E-state index in [1.54, 1.807) is 0 Å². The van der Waals surface area contributed by atoms with E-state index < -0.39 is 11.2 Å². The maximum Gasteiger partial charge on any atom is 0.330 e. The Hall–Kier alpha value is -2.05. The standard InChI is InChI=1S/C13H19N5O2.CH4/c1-8(2)7-18-10-9(11(19)16-13(18)20)14-12(15-10)17-5-3-4-6-17;/h8H,3-7H2,1-2H3,(H,14,15)(H,16,19,20);1H4. The Morgan fingerprint density at radius 2 is 1.86 bits per heavy atom. The fourth-order valence-corrected chi connectivity index (χ4v) is 2.64. The summed E-state index contributed by atoms with van der Waals surface area (Å²) in [5.41, 5.74) is 0.0418. The zero-order valence-electron chi connectivity index (χ0n) is 11.8. The van der Waals surface area contributed by atoms with Crippen molar-refractivity contribution < 1.29 is 0 Å². The van der Waals surface area contributed by atoms with Gasteiger partial charge in [-0.3, -0.25) is 14.3 Å². The summed E-state index contributed by atoms with van der Waals surface area (Å²) in [4.78, 5) is 35.9. The summed E-state index contributed by atoms with van der Waals surface area (Å²) in [5.74, 6) is 0.986. The first-order valence-electron chi connectivity index (χ1n) is 7.04. The molecule has 2 N–H and O–H groups in total. The Bertz CT molecular complexity index is 734. The number of imidazole rings is 1. The predicted molar refractivity (Wildman–Crippen MR) is 84.0 cm³/mol. The summed E-state index contributed by atoms with van der Waals surface area (Å²) in [6, 6.07) is 0. The van der Waals surface area contributed by atoms with Crippen molar-refractivity contribution in [3.8, 4) is 0 Å². The molecule has 1 aliphatic heterocycles. The SMILES string of the molecule is C.CC(C)Cn1c(=O)[nH]c(=O)c2[nH]c(N3CCCC3)nc21. The summed E-state index contributed by atoms with van der Waals surface area (Å²) in [5, 5.41) is 0. The lowest BCUT2D eigenvalue weighted by Crippen LogP contribution is -2.31. The first kappa shape index (κ1) is 15.3. The number of nitrogens with one attached hydrogen (secondary N) is 2. The van der Waals surface area contributed by atoms with E-state index in [9.17, 15) is 9.59 Å². The second kappa shape index (κ2) is 5.75. The van der Waals surface area contributed by atoms with Crippen molar-refractivity contribution in [2.24, 2.45) is 5.92 Å². The largest absolute Gasteiger partial charge is 0.342 e. The maximum absolute atomic E-state index is 12.0. The fourth-order valence-electron chi connectivity index (χ4n) is 2.64. The Kier molecular flexibility index (Phi) is 4.20. The molecule has 3 heterocycles. The number of aromatic nitrogens is 4. The van der Waals surface area contributed by atoms with Gasteiger partial charge in [0.25, 0.3) is 5.56 Å². The van der Waals surface area contributed by atoms with Crippen LogP contribution in [0.1, 0.15) is 34.1 Å². The highest BCUT2D eigenvalue weighted by Crippen LogP contribution is 2.18. The van der Waals surface area contributed by atoms with Crippen molar-refractivity contribution in [2.45, 2.75) is 40.7 Å². The topological polar surface area (TPSA) is 86.8 Å². The number of rotatable bonds is 3. The Morgan fingerprint density at radius 1 is 1.19 bits per heavy atom. The Labute approximate surface area is 123 Å². The smallest absolute Gasteiger partial charge is 0.330 e. The summed E-state index contributed by atoms with van der Waals surface area (Å²) in [6.45, 7) is 6.46. The lowest BCUT2D eigenvalue weighted by atomic mass is 10.2. The molecule has 1 saturated heterocycles. The monoisotopic (exact) mass is 293 g/mol. The summed E-state index contributed by atoms with van der Waals surface area (Å²) >= 11 is 0. The van der Waals surface area contributed by atoms with Crippen LogP contribution in [0.5, 0.6) is 0 Å². The molecule has 21 heavy (non-hydrogen) atoms. The van der Waals surface area contributed by atoms with Crippen molar-refractivity contribution in [3.05, 3.63) is 20.8 Å². The second-order valence-corrected chi connectivity index (χ2v) is 5.72. The molecule has 116 valence electrons. The average Bonchev–Trinajstić information content (AvgIpc) is 3.02. The summed E-state index contributed by atoms with van der Waals surface area (Å²) in [7, 11) is 0. The van der Waals surface area contributed by atoms with Gasteiger partial charge in [0, 0.05) is 19.6 Å². The van der Waals surface area contributed by atoms with Crippen LogP contribution in [0.3, 0.4) is 0 Å². The van der Waals surface area contributed by atoms with Gasteiger partial charge in [-0.15, -0.1) is 0 Å². The van der Waals surface area contributed by atoms with Gasteiger partial charge in [-0.1, -0.05) is 21.3 Å². The molecule has 7 heteroatoms. The molecule has 3 rings (SSSR count). The number of hydrogen-bond donors (Lipinski definition) is 2. The van der Waals surface area contributed by atoms with Gasteiger partial charge < -0.3 is 9.88 Å². The number of H-pyrrole nitrogens is 2. The van der Waals surface area contributed by atoms with Crippen LogP contribution in [0.25, 0.3) is 11.2 Å². The molecule has 0 saturated carbocycles. The van der Waals surface area contributed by atoms with E-state index in [1.165, 1.54) is 4.57 Å². The van der Waals surface area contributed by atoms with Crippen LogP contribution in [0.15, 0.2) is 9.59 Å². The van der Waals surface area contributed by atoms with E-state index in [1.807, 2.05) is 13.8 Å². The molecular weight excluding hydrogens is 270 g/mol. The van der Waals surface area contributed by atoms with Gasteiger partial charge in [-0.05, 0) is 18.8 Å². The third-order valence-electron chi connectivity index (χ3n) is 3.57. The zero-order valence-corrected chi connectivity index (χ0v) is 11.8. The van der Waals surface area contributed by atoms with E-state index in [0.29, 0.717) is 29.6 Å². The number of fused-ring (bicyclic) bond motifs is 1. The molecular formula is C14H23N5O2. The molecule has 0 atom stereocenters. The Morgan fingerprint density at radius 3 is 2.48 bits per heavy atom. The van der Waals surface area contributed by atoms with E-state index in [4.69, 9.17) is 0 Å². The third kappa shape index (κ3) is 2.72. The molecule has 1 fully saturated rings. The Balaban J connectivity index is 0.00000161. The highest BCUT2D eigenvalue weighted by atomic mass is 16.2. The minimum absolute atomic E-state index is 0. The van der Waals surface area contributed by atoms with E-state index in [-0.39, 0.29) is 7.43 Å².